The maximum absolute atomic E-state index is 5.45. The van der Waals surface area contributed by atoms with Crippen LogP contribution in [0.4, 0.5) is 5.82 Å². The van der Waals surface area contributed by atoms with Gasteiger partial charge >= 0.3 is 0 Å². The van der Waals surface area contributed by atoms with Crippen LogP contribution in [0.5, 0.6) is 0 Å². The lowest BCUT2D eigenvalue weighted by atomic mass is 10.3. The number of halogens is 1. The number of aromatic nitrogens is 4. The van der Waals surface area contributed by atoms with E-state index in [1.54, 1.807) is 12.4 Å². The second-order valence-electron chi connectivity index (χ2n) is 2.63. The van der Waals surface area contributed by atoms with Crippen molar-refractivity contribution in [3.63, 3.8) is 0 Å². The third kappa shape index (κ3) is 1.81. The highest BCUT2D eigenvalue weighted by molar-refractivity contribution is 5.85. The van der Waals surface area contributed by atoms with E-state index in [1.807, 2.05) is 17.8 Å². The lowest BCUT2D eigenvalue weighted by Gasteiger charge is -1.85. The van der Waals surface area contributed by atoms with E-state index in [2.05, 4.69) is 15.2 Å². The quantitative estimate of drug-likeness (QED) is 0.714. The van der Waals surface area contributed by atoms with Gasteiger partial charge in [-0.1, -0.05) is 0 Å². The molecule has 0 aliphatic heterocycles. The molecule has 0 amide bonds. The maximum atomic E-state index is 5.45. The van der Waals surface area contributed by atoms with Gasteiger partial charge in [-0.2, -0.15) is 5.10 Å². The van der Waals surface area contributed by atoms with Crippen LogP contribution in [-0.2, 0) is 7.05 Å². The van der Waals surface area contributed by atoms with E-state index in [0.717, 1.165) is 11.4 Å². The van der Waals surface area contributed by atoms with Crippen LogP contribution in [-0.4, -0.2) is 19.7 Å². The van der Waals surface area contributed by atoms with Gasteiger partial charge in [-0.25, -0.2) is 4.98 Å². The van der Waals surface area contributed by atoms with Crippen molar-refractivity contribution >= 4 is 18.2 Å². The lowest BCUT2D eigenvalue weighted by molar-refractivity contribution is 0.913. The van der Waals surface area contributed by atoms with Gasteiger partial charge < -0.3 is 10.3 Å². The van der Waals surface area contributed by atoms with Crippen LogP contribution < -0.4 is 5.73 Å². The number of aromatic amines is 1. The first-order valence-electron chi connectivity index (χ1n) is 3.55. The van der Waals surface area contributed by atoms with Crippen molar-refractivity contribution in [1.82, 2.24) is 19.7 Å². The van der Waals surface area contributed by atoms with Crippen molar-refractivity contribution in [1.29, 1.82) is 0 Å². The van der Waals surface area contributed by atoms with Gasteiger partial charge in [0.1, 0.15) is 11.5 Å². The number of aryl methyl sites for hydroxylation is 1. The molecule has 2 aromatic rings. The van der Waals surface area contributed by atoms with Gasteiger partial charge in [0.25, 0.3) is 0 Å². The first kappa shape index (κ1) is 9.60. The predicted octanol–water partition coefficient (Wildman–Crippen LogP) is 0.814. The average molecular weight is 200 g/mol. The zero-order valence-electron chi connectivity index (χ0n) is 7.06. The SMILES string of the molecule is Cl.Cn1cnc(-c2cc(N)n[nH]2)c1. The van der Waals surface area contributed by atoms with E-state index in [-0.39, 0.29) is 12.4 Å². The number of imidazole rings is 1. The largest absolute Gasteiger partial charge is 0.382 e. The van der Waals surface area contributed by atoms with Crippen LogP contribution in [0, 0.1) is 0 Å². The van der Waals surface area contributed by atoms with Crippen LogP contribution in [0.3, 0.4) is 0 Å². The summed E-state index contributed by atoms with van der Waals surface area (Å²) >= 11 is 0. The van der Waals surface area contributed by atoms with Crippen LogP contribution in [0.2, 0.25) is 0 Å². The van der Waals surface area contributed by atoms with Gasteiger partial charge in [0.15, 0.2) is 0 Å². The van der Waals surface area contributed by atoms with E-state index in [1.165, 1.54) is 0 Å². The Balaban J connectivity index is 0.000000845. The Morgan fingerprint density at radius 2 is 2.31 bits per heavy atom. The van der Waals surface area contributed by atoms with Crippen molar-refractivity contribution in [2.24, 2.45) is 7.05 Å². The minimum absolute atomic E-state index is 0. The van der Waals surface area contributed by atoms with Gasteiger partial charge in [0.2, 0.25) is 0 Å². The third-order valence-corrected chi connectivity index (χ3v) is 1.58. The van der Waals surface area contributed by atoms with Crippen LogP contribution in [0.25, 0.3) is 11.4 Å². The Bertz CT molecular complexity index is 353. The van der Waals surface area contributed by atoms with Crippen molar-refractivity contribution < 1.29 is 0 Å². The van der Waals surface area contributed by atoms with Crippen LogP contribution in [0.1, 0.15) is 0 Å². The molecule has 0 fully saturated rings. The Morgan fingerprint density at radius 3 is 2.77 bits per heavy atom. The summed E-state index contributed by atoms with van der Waals surface area (Å²) < 4.78 is 1.87. The fraction of sp³-hybridized carbons (Fsp3) is 0.143. The first-order valence-corrected chi connectivity index (χ1v) is 3.55. The molecule has 0 aliphatic carbocycles. The highest BCUT2D eigenvalue weighted by atomic mass is 35.5. The third-order valence-electron chi connectivity index (χ3n) is 1.58. The zero-order valence-corrected chi connectivity index (χ0v) is 7.88. The molecule has 0 radical (unpaired) electrons. The fourth-order valence-corrected chi connectivity index (χ4v) is 1.02. The molecule has 0 unspecified atom stereocenters. The smallest absolute Gasteiger partial charge is 0.145 e. The Hall–Kier alpha value is -1.49. The minimum Gasteiger partial charge on any atom is -0.382 e. The molecule has 5 nitrogen and oxygen atoms in total. The van der Waals surface area contributed by atoms with Gasteiger partial charge in [-0.15, -0.1) is 12.4 Å². The Morgan fingerprint density at radius 1 is 1.54 bits per heavy atom. The molecule has 6 heteroatoms. The van der Waals surface area contributed by atoms with Crippen molar-refractivity contribution in [2.45, 2.75) is 0 Å². The summed E-state index contributed by atoms with van der Waals surface area (Å²) in [6, 6.07) is 1.75. The van der Waals surface area contributed by atoms with Crippen LogP contribution >= 0.6 is 12.4 Å². The molecule has 0 atom stereocenters. The van der Waals surface area contributed by atoms with Gasteiger partial charge in [-0.05, 0) is 0 Å². The number of nitrogens with two attached hydrogens (primary N) is 1. The molecule has 2 heterocycles. The van der Waals surface area contributed by atoms with E-state index >= 15 is 0 Å². The predicted molar refractivity (Wildman–Crippen MR) is 52.5 cm³/mol. The molecule has 0 bridgehead atoms. The molecule has 13 heavy (non-hydrogen) atoms. The molecule has 0 spiro atoms. The fourth-order valence-electron chi connectivity index (χ4n) is 1.02. The highest BCUT2D eigenvalue weighted by Gasteiger charge is 2.02. The molecule has 3 N–H and O–H groups in total. The number of rotatable bonds is 1. The summed E-state index contributed by atoms with van der Waals surface area (Å²) in [6.07, 6.45) is 3.62. The number of hydrogen-bond donors (Lipinski definition) is 2. The number of H-pyrrole nitrogens is 1. The number of hydrogen-bond acceptors (Lipinski definition) is 3. The van der Waals surface area contributed by atoms with Crippen molar-refractivity contribution in [3.05, 3.63) is 18.6 Å². The number of nitrogen functional groups attached to an aromatic ring is 1. The standard InChI is InChI=1S/C7H9N5.ClH/c1-12-3-6(9-4-12)5-2-7(8)11-10-5;/h2-4H,1H3,(H3,8,10,11);1H. The topological polar surface area (TPSA) is 72.5 Å². The molecule has 2 rings (SSSR count). The van der Waals surface area contributed by atoms with Crippen LogP contribution in [0.15, 0.2) is 18.6 Å². The average Bonchev–Trinajstić information content (AvgIpc) is 2.58. The van der Waals surface area contributed by atoms with Crippen molar-refractivity contribution in [2.75, 3.05) is 5.73 Å². The molecular weight excluding hydrogens is 190 g/mol. The zero-order chi connectivity index (χ0) is 8.55. The van der Waals surface area contributed by atoms with E-state index in [4.69, 9.17) is 5.73 Å². The molecule has 0 saturated heterocycles. The molecule has 0 saturated carbocycles. The van der Waals surface area contributed by atoms with Gasteiger partial charge in [-0.3, -0.25) is 5.10 Å². The summed E-state index contributed by atoms with van der Waals surface area (Å²) in [4.78, 5) is 4.14. The maximum Gasteiger partial charge on any atom is 0.145 e. The van der Waals surface area contributed by atoms with Crippen molar-refractivity contribution in [3.8, 4) is 11.4 Å². The molecular formula is C7H10ClN5. The molecule has 70 valence electrons. The summed E-state index contributed by atoms with van der Waals surface area (Å²) in [5.41, 5.74) is 7.14. The summed E-state index contributed by atoms with van der Waals surface area (Å²) in [5.74, 6) is 0.482. The van der Waals surface area contributed by atoms with Gasteiger partial charge in [0.05, 0.1) is 12.0 Å². The highest BCUT2D eigenvalue weighted by Crippen LogP contribution is 2.14. The lowest BCUT2D eigenvalue weighted by Crippen LogP contribution is -1.81. The normalized spacial score (nSPS) is 9.62. The molecule has 2 aromatic heterocycles. The van der Waals surface area contributed by atoms with E-state index in [9.17, 15) is 0 Å². The minimum atomic E-state index is 0. The monoisotopic (exact) mass is 199 g/mol. The number of nitrogens with one attached hydrogen (secondary N) is 1. The molecule has 0 aliphatic rings. The summed E-state index contributed by atoms with van der Waals surface area (Å²) in [5, 5.41) is 6.59. The second-order valence-corrected chi connectivity index (χ2v) is 2.63. The first-order chi connectivity index (χ1) is 5.75. The summed E-state index contributed by atoms with van der Waals surface area (Å²) in [6.45, 7) is 0. The number of anilines is 1. The Kier molecular flexibility index (Phi) is 2.57. The number of nitrogens with zero attached hydrogens (tertiary/aromatic N) is 3. The van der Waals surface area contributed by atoms with E-state index in [0.29, 0.717) is 5.82 Å². The summed E-state index contributed by atoms with van der Waals surface area (Å²) in [7, 11) is 1.91. The Labute approximate surface area is 81.4 Å². The van der Waals surface area contributed by atoms with E-state index < -0.39 is 0 Å². The second kappa shape index (κ2) is 3.49. The van der Waals surface area contributed by atoms with Gasteiger partial charge in [0, 0.05) is 19.3 Å². The molecule has 0 aromatic carbocycles.